The maximum atomic E-state index is 14.1. The predicted molar refractivity (Wildman–Crippen MR) is 126 cm³/mol. The molecule has 6 nitrogen and oxygen atoms in total. The summed E-state index contributed by atoms with van der Waals surface area (Å²) < 4.78 is 19.6. The van der Waals surface area contributed by atoms with E-state index in [1.54, 1.807) is 12.2 Å². The van der Waals surface area contributed by atoms with E-state index >= 15 is 0 Å². The molecule has 0 spiro atoms. The highest BCUT2D eigenvalue weighted by Crippen LogP contribution is 2.35. The van der Waals surface area contributed by atoms with Gasteiger partial charge in [0.1, 0.15) is 17.7 Å². The van der Waals surface area contributed by atoms with Gasteiger partial charge in [-0.2, -0.15) is 5.26 Å². The summed E-state index contributed by atoms with van der Waals surface area (Å²) in [4.78, 5) is 23.6. The van der Waals surface area contributed by atoms with Gasteiger partial charge in [0.25, 0.3) is 5.91 Å². The first-order chi connectivity index (χ1) is 16.4. The summed E-state index contributed by atoms with van der Waals surface area (Å²) in [5.41, 5.74) is 5.88. The number of carbonyl (C=O) groups is 1. The number of nitrogens with one attached hydrogen (secondary N) is 1. The largest absolute Gasteiger partial charge is 0.375 e. The number of ether oxygens (including phenoxy) is 1. The summed E-state index contributed by atoms with van der Waals surface area (Å²) in [5, 5.41) is 8.98. The Morgan fingerprint density at radius 3 is 2.76 bits per heavy atom. The molecule has 1 saturated heterocycles. The van der Waals surface area contributed by atoms with E-state index in [0.717, 1.165) is 53.2 Å². The Kier molecular flexibility index (Phi) is 6.09. The van der Waals surface area contributed by atoms with Crippen LogP contribution in [0, 0.1) is 37.0 Å². The van der Waals surface area contributed by atoms with Gasteiger partial charge >= 0.3 is 0 Å². The number of hydrogen-bond donors (Lipinski definition) is 1. The zero-order chi connectivity index (χ0) is 23.8. The minimum Gasteiger partial charge on any atom is -0.375 e. The van der Waals surface area contributed by atoms with Crippen LogP contribution in [0.25, 0.3) is 11.4 Å². The van der Waals surface area contributed by atoms with Gasteiger partial charge in [-0.15, -0.1) is 0 Å². The number of allylic oxidation sites excluding steroid dienone is 4. The van der Waals surface area contributed by atoms with Crippen LogP contribution in [0.4, 0.5) is 4.39 Å². The summed E-state index contributed by atoms with van der Waals surface area (Å²) in [6.45, 7) is 6.55. The SMILES string of the molecule is Cc1cc(C)c(-c2nc3c([nH]2)COCC3)cc1C(=O)N1CCC(C2C=C(F)C(C#N)=CC2)CC1. The lowest BCUT2D eigenvalue weighted by molar-refractivity contribution is 0.0669. The molecule has 2 aromatic rings. The van der Waals surface area contributed by atoms with Crippen LogP contribution >= 0.6 is 0 Å². The Bertz CT molecular complexity index is 1200. The maximum absolute atomic E-state index is 14.1. The van der Waals surface area contributed by atoms with E-state index in [9.17, 15) is 9.18 Å². The Balaban J connectivity index is 1.31. The van der Waals surface area contributed by atoms with Gasteiger partial charge in [0.05, 0.1) is 30.2 Å². The maximum Gasteiger partial charge on any atom is 0.254 e. The van der Waals surface area contributed by atoms with Crippen LogP contribution in [0.3, 0.4) is 0 Å². The molecule has 0 saturated carbocycles. The van der Waals surface area contributed by atoms with Crippen molar-refractivity contribution in [3.63, 3.8) is 0 Å². The number of amides is 1. The normalized spacial score (nSPS) is 20.9. The van der Waals surface area contributed by atoms with Crippen LogP contribution in [-0.4, -0.2) is 40.5 Å². The Morgan fingerprint density at radius 1 is 1.26 bits per heavy atom. The van der Waals surface area contributed by atoms with Crippen LogP contribution in [-0.2, 0) is 17.8 Å². The molecular formula is C27H29FN4O2. The van der Waals surface area contributed by atoms with E-state index in [0.29, 0.717) is 44.2 Å². The second-order valence-corrected chi connectivity index (χ2v) is 9.57. The standard InChI is InChI=1S/C27H29FN4O2/c1-16-11-17(2)22(13-21(16)26-30-24-7-10-34-15-25(24)31-26)27(33)32-8-5-18(6-9-32)19-3-4-20(14-29)23(28)12-19/h4,11-13,18-19H,3,5-10,15H2,1-2H3,(H,30,31). The van der Waals surface area contributed by atoms with Gasteiger partial charge in [-0.25, -0.2) is 9.37 Å². The van der Waals surface area contributed by atoms with E-state index in [-0.39, 0.29) is 17.4 Å². The van der Waals surface area contributed by atoms with Gasteiger partial charge in [0.15, 0.2) is 0 Å². The Labute approximate surface area is 199 Å². The molecule has 176 valence electrons. The Hall–Kier alpha value is -3.24. The highest BCUT2D eigenvalue weighted by molar-refractivity contribution is 5.97. The summed E-state index contributed by atoms with van der Waals surface area (Å²) in [6, 6.07) is 5.94. The van der Waals surface area contributed by atoms with E-state index < -0.39 is 5.83 Å². The first kappa shape index (κ1) is 22.5. The number of H-pyrrole nitrogens is 1. The molecule has 3 aliphatic rings. The minimum absolute atomic E-state index is 0.0360. The molecule has 0 radical (unpaired) electrons. The number of halogens is 1. The number of nitrogens with zero attached hydrogens (tertiary/aromatic N) is 3. The van der Waals surface area contributed by atoms with Crippen molar-refractivity contribution in [3.8, 4) is 17.5 Å². The zero-order valence-corrected chi connectivity index (χ0v) is 19.7. The molecule has 3 heterocycles. The molecule has 5 rings (SSSR count). The second kappa shape index (κ2) is 9.19. The highest BCUT2D eigenvalue weighted by atomic mass is 19.1. The third-order valence-electron chi connectivity index (χ3n) is 7.42. The first-order valence-electron chi connectivity index (χ1n) is 12.0. The first-order valence-corrected chi connectivity index (χ1v) is 12.0. The van der Waals surface area contributed by atoms with Crippen LogP contribution in [0.5, 0.6) is 0 Å². The summed E-state index contributed by atoms with van der Waals surface area (Å²) in [5.74, 6) is 0.824. The second-order valence-electron chi connectivity index (χ2n) is 9.57. The summed E-state index contributed by atoms with van der Waals surface area (Å²) in [6.07, 6.45) is 6.45. The van der Waals surface area contributed by atoms with Crippen LogP contribution < -0.4 is 0 Å². The number of aryl methyl sites for hydroxylation is 2. The quantitative estimate of drug-likeness (QED) is 0.703. The molecule has 1 unspecified atom stereocenters. The molecule has 0 bridgehead atoms. The number of nitriles is 1. The van der Waals surface area contributed by atoms with Gasteiger partial charge in [-0.1, -0.05) is 12.1 Å². The molecule has 1 N–H and O–H groups in total. The molecule has 1 aromatic heterocycles. The van der Waals surface area contributed by atoms with Gasteiger partial charge in [0.2, 0.25) is 0 Å². The summed E-state index contributed by atoms with van der Waals surface area (Å²) in [7, 11) is 0. The number of carbonyl (C=O) groups excluding carboxylic acids is 1. The lowest BCUT2D eigenvalue weighted by atomic mass is 9.79. The fourth-order valence-corrected chi connectivity index (χ4v) is 5.41. The van der Waals surface area contributed by atoms with Crippen LogP contribution in [0.2, 0.25) is 0 Å². The van der Waals surface area contributed by atoms with Crippen molar-refractivity contribution < 1.29 is 13.9 Å². The third kappa shape index (κ3) is 4.19. The average molecular weight is 461 g/mol. The van der Waals surface area contributed by atoms with E-state index in [2.05, 4.69) is 11.1 Å². The molecule has 1 aliphatic carbocycles. The molecule has 1 atom stereocenters. The van der Waals surface area contributed by atoms with Crippen molar-refractivity contribution in [1.82, 2.24) is 14.9 Å². The lowest BCUT2D eigenvalue weighted by Crippen LogP contribution is -2.40. The average Bonchev–Trinajstić information content (AvgIpc) is 3.28. The van der Waals surface area contributed by atoms with Gasteiger partial charge < -0.3 is 14.6 Å². The van der Waals surface area contributed by atoms with Gasteiger partial charge in [-0.3, -0.25) is 4.79 Å². The van der Waals surface area contributed by atoms with E-state index in [1.807, 2.05) is 30.9 Å². The minimum atomic E-state index is -0.411. The fraction of sp³-hybridized carbons (Fsp3) is 0.444. The number of hydrogen-bond acceptors (Lipinski definition) is 4. The smallest absolute Gasteiger partial charge is 0.254 e. The van der Waals surface area contributed by atoms with Crippen molar-refractivity contribution >= 4 is 5.91 Å². The molecule has 1 aromatic carbocycles. The van der Waals surface area contributed by atoms with Crippen molar-refractivity contribution in [3.05, 3.63) is 63.8 Å². The fourth-order valence-electron chi connectivity index (χ4n) is 5.41. The highest BCUT2D eigenvalue weighted by Gasteiger charge is 2.30. The topological polar surface area (TPSA) is 82.0 Å². The van der Waals surface area contributed by atoms with Gasteiger partial charge in [-0.05, 0) is 68.2 Å². The molecule has 1 amide bonds. The molecule has 2 aliphatic heterocycles. The van der Waals surface area contributed by atoms with Crippen LogP contribution in [0.15, 0.2) is 35.7 Å². The summed E-state index contributed by atoms with van der Waals surface area (Å²) >= 11 is 0. The zero-order valence-electron chi connectivity index (χ0n) is 19.7. The van der Waals surface area contributed by atoms with Crippen molar-refractivity contribution in [2.75, 3.05) is 19.7 Å². The lowest BCUT2D eigenvalue weighted by Gasteiger charge is -2.36. The monoisotopic (exact) mass is 460 g/mol. The molecule has 1 fully saturated rings. The number of aromatic nitrogens is 2. The van der Waals surface area contributed by atoms with E-state index in [1.165, 1.54) is 0 Å². The number of rotatable bonds is 3. The number of aromatic amines is 1. The number of benzene rings is 1. The van der Waals surface area contributed by atoms with Crippen LogP contribution in [0.1, 0.15) is 52.1 Å². The van der Waals surface area contributed by atoms with Crippen molar-refractivity contribution in [1.29, 1.82) is 5.26 Å². The van der Waals surface area contributed by atoms with E-state index in [4.69, 9.17) is 15.0 Å². The van der Waals surface area contributed by atoms with Gasteiger partial charge in [0, 0.05) is 30.6 Å². The molecule has 7 heteroatoms. The number of likely N-dealkylation sites (tertiary alicyclic amines) is 1. The predicted octanol–water partition coefficient (Wildman–Crippen LogP) is 4.94. The van der Waals surface area contributed by atoms with Crippen molar-refractivity contribution in [2.24, 2.45) is 11.8 Å². The van der Waals surface area contributed by atoms with Crippen molar-refractivity contribution in [2.45, 2.75) is 46.1 Å². The number of imidazole rings is 1. The Morgan fingerprint density at radius 2 is 2.06 bits per heavy atom. The molecular weight excluding hydrogens is 431 g/mol. The third-order valence-corrected chi connectivity index (χ3v) is 7.42. The molecule has 34 heavy (non-hydrogen) atoms. The number of piperidine rings is 1. The number of fused-ring (bicyclic) bond motifs is 1.